The van der Waals surface area contributed by atoms with Crippen LogP contribution < -0.4 is 5.01 Å². The Morgan fingerprint density at radius 3 is 2.44 bits per heavy atom. The minimum absolute atomic E-state index is 0.251. The Hall–Kier alpha value is -2.61. The molecule has 1 aromatic heterocycles. The van der Waals surface area contributed by atoms with E-state index in [1.165, 1.54) is 18.4 Å². The fraction of sp³-hybridized carbons (Fsp3) is 0.450. The number of anilines is 1. The van der Waals surface area contributed by atoms with Crippen LogP contribution in [0.15, 0.2) is 33.8 Å². The molecule has 3 rings (SSSR count). The van der Waals surface area contributed by atoms with E-state index < -0.39 is 0 Å². The zero-order valence-electron chi connectivity index (χ0n) is 15.5. The number of nitriles is 1. The molecule has 0 bridgehead atoms. The van der Waals surface area contributed by atoms with E-state index in [9.17, 15) is 5.26 Å². The molecule has 1 saturated carbocycles. The zero-order chi connectivity index (χ0) is 18.2. The maximum absolute atomic E-state index is 9.29. The molecule has 0 radical (unpaired) electrons. The Morgan fingerprint density at radius 1 is 1.28 bits per heavy atom. The Labute approximate surface area is 149 Å². The van der Waals surface area contributed by atoms with Crippen molar-refractivity contribution in [1.29, 1.82) is 5.26 Å². The third-order valence-corrected chi connectivity index (χ3v) is 4.64. The molecule has 1 aromatic carbocycles. The monoisotopic (exact) mass is 336 g/mol. The lowest BCUT2D eigenvalue weighted by Crippen LogP contribution is -2.11. The third-order valence-electron chi connectivity index (χ3n) is 4.64. The molecule has 0 unspecified atom stereocenters. The van der Waals surface area contributed by atoms with E-state index in [1.807, 2.05) is 20.8 Å². The second kappa shape index (κ2) is 6.03. The summed E-state index contributed by atoms with van der Waals surface area (Å²) in [5.41, 5.74) is 2.76. The second-order valence-electron chi connectivity index (χ2n) is 7.99. The summed E-state index contributed by atoms with van der Waals surface area (Å²) in [6, 6.07) is 10.6. The highest BCUT2D eigenvalue weighted by Crippen LogP contribution is 2.47. The number of nitrogens with zero attached hydrogens (tertiary/aromatic N) is 4. The van der Waals surface area contributed by atoms with Crippen molar-refractivity contribution in [3.05, 3.63) is 47.0 Å². The molecule has 0 aliphatic heterocycles. The van der Waals surface area contributed by atoms with Crippen LogP contribution in [0.1, 0.15) is 63.2 Å². The number of hydrazone groups is 1. The summed E-state index contributed by atoms with van der Waals surface area (Å²) in [6.45, 7) is 8.28. The summed E-state index contributed by atoms with van der Waals surface area (Å²) in [5, 5.41) is 15.2. The molecule has 0 atom stereocenters. The molecule has 0 saturated heterocycles. The average molecular weight is 336 g/mol. The molecule has 0 N–H and O–H groups in total. The minimum atomic E-state index is -0.261. The van der Waals surface area contributed by atoms with Crippen molar-refractivity contribution in [2.75, 3.05) is 12.1 Å². The average Bonchev–Trinajstić information content (AvgIpc) is 3.16. The van der Waals surface area contributed by atoms with Crippen LogP contribution in [0.2, 0.25) is 0 Å². The maximum Gasteiger partial charge on any atom is 0.254 e. The molecule has 0 spiro atoms. The number of oxazole rings is 1. The summed E-state index contributed by atoms with van der Waals surface area (Å²) in [6.07, 6.45) is 4.29. The van der Waals surface area contributed by atoms with Gasteiger partial charge in [0.25, 0.3) is 5.88 Å². The summed E-state index contributed by atoms with van der Waals surface area (Å²) < 4.78 is 5.77. The Bertz CT molecular complexity index is 830. The Kier molecular flexibility index (Phi) is 4.16. The highest BCUT2D eigenvalue weighted by atomic mass is 16.4. The van der Waals surface area contributed by atoms with Crippen LogP contribution >= 0.6 is 0 Å². The summed E-state index contributed by atoms with van der Waals surface area (Å²) >= 11 is 0. The van der Waals surface area contributed by atoms with Gasteiger partial charge in [-0.3, -0.25) is 0 Å². The molecule has 1 aliphatic rings. The Balaban J connectivity index is 1.77. The van der Waals surface area contributed by atoms with Crippen molar-refractivity contribution in [2.45, 2.75) is 51.4 Å². The fourth-order valence-corrected chi connectivity index (χ4v) is 2.58. The summed E-state index contributed by atoms with van der Waals surface area (Å²) in [5.74, 6) is 0.897. The van der Waals surface area contributed by atoms with Gasteiger partial charge in [-0.15, -0.1) is 0 Å². The van der Waals surface area contributed by atoms with Crippen LogP contribution in [0, 0.1) is 11.3 Å². The smallest absolute Gasteiger partial charge is 0.254 e. The molecule has 25 heavy (non-hydrogen) atoms. The number of aromatic nitrogens is 1. The van der Waals surface area contributed by atoms with E-state index in [-0.39, 0.29) is 11.1 Å². The maximum atomic E-state index is 9.29. The molecular weight excluding hydrogens is 312 g/mol. The lowest BCUT2D eigenvalue weighted by Gasteiger charge is -2.13. The zero-order valence-corrected chi connectivity index (χ0v) is 15.5. The van der Waals surface area contributed by atoms with E-state index in [1.54, 1.807) is 18.3 Å². The van der Waals surface area contributed by atoms with Gasteiger partial charge in [-0.2, -0.15) is 15.3 Å². The van der Waals surface area contributed by atoms with Gasteiger partial charge >= 0.3 is 0 Å². The number of hydrogen-bond acceptors (Lipinski definition) is 5. The fourth-order valence-electron chi connectivity index (χ4n) is 2.58. The normalized spacial score (nSPS) is 16.0. The molecule has 5 heteroatoms. The van der Waals surface area contributed by atoms with E-state index in [4.69, 9.17) is 4.42 Å². The highest BCUT2D eigenvalue weighted by Gasteiger charge is 2.38. The van der Waals surface area contributed by atoms with Crippen molar-refractivity contribution in [3.8, 4) is 6.07 Å². The van der Waals surface area contributed by atoms with Gasteiger partial charge in [-0.25, -0.2) is 5.01 Å². The minimum Gasteiger partial charge on any atom is -0.421 e. The molecule has 5 nitrogen and oxygen atoms in total. The number of hydrogen-bond donors (Lipinski definition) is 0. The predicted octanol–water partition coefficient (Wildman–Crippen LogP) is 4.37. The molecule has 130 valence electrons. The second-order valence-corrected chi connectivity index (χ2v) is 7.99. The van der Waals surface area contributed by atoms with Crippen LogP contribution in [0.4, 0.5) is 5.88 Å². The van der Waals surface area contributed by atoms with Crippen LogP contribution in [-0.2, 0) is 10.8 Å². The van der Waals surface area contributed by atoms with Crippen LogP contribution in [0.5, 0.6) is 0 Å². The molecule has 1 heterocycles. The third kappa shape index (κ3) is 3.58. The molecule has 2 aromatic rings. The van der Waals surface area contributed by atoms with Crippen molar-refractivity contribution < 1.29 is 4.42 Å². The van der Waals surface area contributed by atoms with Crippen molar-refractivity contribution in [2.24, 2.45) is 5.10 Å². The van der Waals surface area contributed by atoms with Crippen molar-refractivity contribution in [3.63, 3.8) is 0 Å². The quantitative estimate of drug-likeness (QED) is 0.614. The molecule has 0 amide bonds. The van der Waals surface area contributed by atoms with E-state index in [0.717, 1.165) is 5.56 Å². The van der Waals surface area contributed by atoms with Gasteiger partial charge in [-0.1, -0.05) is 52.0 Å². The number of rotatable bonds is 4. The largest absolute Gasteiger partial charge is 0.421 e. The Morgan fingerprint density at radius 2 is 1.92 bits per heavy atom. The first kappa shape index (κ1) is 17.2. The van der Waals surface area contributed by atoms with Crippen LogP contribution in [0.3, 0.4) is 0 Å². The van der Waals surface area contributed by atoms with E-state index in [0.29, 0.717) is 17.2 Å². The lowest BCUT2D eigenvalue weighted by molar-refractivity contribution is 0.394. The topological polar surface area (TPSA) is 65.4 Å². The standard InChI is InChI=1S/C20H24N4O/c1-19(2,3)18-23-16(12-21)17(25-18)24(5)22-13-14-6-8-15(9-7-14)20(4)10-11-20/h6-9,13H,10-11H2,1-5H3. The number of benzene rings is 1. The van der Waals surface area contributed by atoms with Gasteiger partial charge in [0, 0.05) is 12.5 Å². The van der Waals surface area contributed by atoms with Crippen LogP contribution in [0.25, 0.3) is 0 Å². The van der Waals surface area contributed by atoms with Gasteiger partial charge in [-0.05, 0) is 29.4 Å². The SMILES string of the molecule is CN(N=Cc1ccc(C2(C)CC2)cc1)c1oc(C(C)(C)C)nc1C#N. The predicted molar refractivity (Wildman–Crippen MR) is 98.9 cm³/mol. The lowest BCUT2D eigenvalue weighted by atomic mass is 9.97. The summed E-state index contributed by atoms with van der Waals surface area (Å²) in [7, 11) is 1.75. The first-order valence-corrected chi connectivity index (χ1v) is 8.53. The van der Waals surface area contributed by atoms with Crippen molar-refractivity contribution >= 4 is 12.1 Å². The first-order valence-electron chi connectivity index (χ1n) is 8.53. The molecule has 1 fully saturated rings. The molecular formula is C20H24N4O. The van der Waals surface area contributed by atoms with E-state index >= 15 is 0 Å². The van der Waals surface area contributed by atoms with E-state index in [2.05, 4.69) is 47.3 Å². The van der Waals surface area contributed by atoms with Gasteiger partial charge in [0.15, 0.2) is 0 Å². The van der Waals surface area contributed by atoms with Gasteiger partial charge in [0.1, 0.15) is 6.07 Å². The van der Waals surface area contributed by atoms with Gasteiger partial charge in [0.2, 0.25) is 11.6 Å². The van der Waals surface area contributed by atoms with Crippen LogP contribution in [-0.4, -0.2) is 18.2 Å². The highest BCUT2D eigenvalue weighted by molar-refractivity contribution is 5.80. The first-order chi connectivity index (χ1) is 11.7. The van der Waals surface area contributed by atoms with Crippen molar-refractivity contribution in [1.82, 2.24) is 4.98 Å². The molecule has 1 aliphatic carbocycles. The van der Waals surface area contributed by atoms with Gasteiger partial charge in [0.05, 0.1) is 6.21 Å². The summed E-state index contributed by atoms with van der Waals surface area (Å²) in [4.78, 5) is 4.28. The van der Waals surface area contributed by atoms with Gasteiger partial charge < -0.3 is 4.42 Å².